The third-order valence-electron chi connectivity index (χ3n) is 5.03. The number of likely N-dealkylation sites (tertiary alicyclic amines) is 1. The zero-order chi connectivity index (χ0) is 15.6. The predicted octanol–water partition coefficient (Wildman–Crippen LogP) is 2.19. The van der Waals surface area contributed by atoms with Gasteiger partial charge in [0.25, 0.3) is 0 Å². The number of benzene rings is 1. The van der Waals surface area contributed by atoms with Gasteiger partial charge in [-0.25, -0.2) is 13.1 Å². The second-order valence-corrected chi connectivity index (χ2v) is 8.50. The Labute approximate surface area is 134 Å². The van der Waals surface area contributed by atoms with Crippen molar-refractivity contribution >= 4 is 10.0 Å². The van der Waals surface area contributed by atoms with Crippen LogP contribution in [0, 0.1) is 5.92 Å². The van der Waals surface area contributed by atoms with Crippen LogP contribution in [-0.4, -0.2) is 40.0 Å². The largest absolute Gasteiger partial charge is 0.306 e. The summed E-state index contributed by atoms with van der Waals surface area (Å²) in [5.74, 6) is 0.462. The molecule has 1 aromatic carbocycles. The van der Waals surface area contributed by atoms with Gasteiger partial charge in [-0.05, 0) is 87.8 Å². The second kappa shape index (κ2) is 6.69. The fraction of sp³-hybridized carbons (Fsp3) is 0.647. The zero-order valence-corrected chi connectivity index (χ0v) is 14.2. The summed E-state index contributed by atoms with van der Waals surface area (Å²) in [6.07, 6.45) is 6.62. The molecule has 0 amide bonds. The molecule has 1 heterocycles. The number of nitrogens with one attached hydrogen (secondary N) is 1. The Morgan fingerprint density at radius 2 is 1.82 bits per heavy atom. The van der Waals surface area contributed by atoms with Crippen LogP contribution in [0.1, 0.15) is 36.8 Å². The van der Waals surface area contributed by atoms with Crippen molar-refractivity contribution in [2.45, 2.75) is 43.4 Å². The van der Waals surface area contributed by atoms with Crippen molar-refractivity contribution < 1.29 is 8.42 Å². The van der Waals surface area contributed by atoms with E-state index in [4.69, 9.17) is 0 Å². The minimum Gasteiger partial charge on any atom is -0.306 e. The third-order valence-corrected chi connectivity index (χ3v) is 6.45. The molecule has 0 saturated carbocycles. The Balaban J connectivity index is 1.65. The van der Waals surface area contributed by atoms with Crippen LogP contribution in [0.4, 0.5) is 0 Å². The van der Waals surface area contributed by atoms with Crippen molar-refractivity contribution in [1.82, 2.24) is 9.62 Å². The maximum atomic E-state index is 12.5. The molecule has 0 atom stereocenters. The molecule has 0 radical (unpaired) electrons. The zero-order valence-electron chi connectivity index (χ0n) is 13.3. The Morgan fingerprint density at radius 3 is 2.55 bits per heavy atom. The quantitative estimate of drug-likeness (QED) is 0.924. The summed E-state index contributed by atoms with van der Waals surface area (Å²) in [5.41, 5.74) is 2.54. The molecule has 1 saturated heterocycles. The van der Waals surface area contributed by atoms with Gasteiger partial charge in [-0.2, -0.15) is 0 Å². The summed E-state index contributed by atoms with van der Waals surface area (Å²) in [7, 11) is -1.25. The van der Waals surface area contributed by atoms with Crippen LogP contribution in [0.15, 0.2) is 23.1 Å². The Morgan fingerprint density at radius 1 is 1.14 bits per heavy atom. The fourth-order valence-corrected chi connectivity index (χ4v) is 4.62. The molecule has 0 bridgehead atoms. The Kier molecular flexibility index (Phi) is 4.85. The molecule has 1 aliphatic carbocycles. The standard InChI is InChI=1S/C17H26N2O2S/c1-19-10-8-14(9-11-19)13-18-22(20,21)17-7-6-15-4-2-3-5-16(15)12-17/h6-7,12,14,18H,2-5,8-11,13H2,1H3. The van der Waals surface area contributed by atoms with Gasteiger partial charge in [0.05, 0.1) is 4.90 Å². The van der Waals surface area contributed by atoms with E-state index in [9.17, 15) is 8.42 Å². The highest BCUT2D eigenvalue weighted by atomic mass is 32.2. The number of hydrogen-bond donors (Lipinski definition) is 1. The van der Waals surface area contributed by atoms with E-state index in [1.54, 1.807) is 6.07 Å². The van der Waals surface area contributed by atoms with E-state index in [0.29, 0.717) is 17.4 Å². The summed E-state index contributed by atoms with van der Waals surface area (Å²) < 4.78 is 27.8. The number of sulfonamides is 1. The molecule has 22 heavy (non-hydrogen) atoms. The summed E-state index contributed by atoms with van der Waals surface area (Å²) in [6, 6.07) is 5.64. The number of fused-ring (bicyclic) bond motifs is 1. The molecule has 1 N–H and O–H groups in total. The van der Waals surface area contributed by atoms with Crippen LogP contribution in [0.2, 0.25) is 0 Å². The summed E-state index contributed by atoms with van der Waals surface area (Å²) in [5, 5.41) is 0. The molecule has 0 unspecified atom stereocenters. The predicted molar refractivity (Wildman–Crippen MR) is 88.5 cm³/mol. The lowest BCUT2D eigenvalue weighted by Crippen LogP contribution is -2.36. The summed E-state index contributed by atoms with van der Waals surface area (Å²) in [6.45, 7) is 2.68. The van der Waals surface area contributed by atoms with Crippen LogP contribution in [0.25, 0.3) is 0 Å². The Bertz CT molecular complexity index is 620. The molecule has 1 aromatic rings. The monoisotopic (exact) mass is 322 g/mol. The van der Waals surface area contributed by atoms with Crippen molar-refractivity contribution in [2.75, 3.05) is 26.7 Å². The molecule has 2 aliphatic rings. The highest BCUT2D eigenvalue weighted by Crippen LogP contribution is 2.24. The van der Waals surface area contributed by atoms with E-state index in [-0.39, 0.29) is 0 Å². The van der Waals surface area contributed by atoms with Crippen LogP contribution in [0.3, 0.4) is 0 Å². The van der Waals surface area contributed by atoms with Gasteiger partial charge >= 0.3 is 0 Å². The summed E-state index contributed by atoms with van der Waals surface area (Å²) >= 11 is 0. The van der Waals surface area contributed by atoms with Gasteiger partial charge in [0, 0.05) is 6.54 Å². The molecule has 4 nitrogen and oxygen atoms in total. The maximum absolute atomic E-state index is 12.5. The molecule has 122 valence electrons. The first kappa shape index (κ1) is 16.0. The van der Waals surface area contributed by atoms with Crippen molar-refractivity contribution in [3.05, 3.63) is 29.3 Å². The second-order valence-electron chi connectivity index (χ2n) is 6.74. The number of rotatable bonds is 4. The first-order chi connectivity index (χ1) is 10.5. The van der Waals surface area contributed by atoms with Gasteiger partial charge in [0.1, 0.15) is 0 Å². The van der Waals surface area contributed by atoms with E-state index < -0.39 is 10.0 Å². The van der Waals surface area contributed by atoms with Crippen molar-refractivity contribution in [3.63, 3.8) is 0 Å². The average molecular weight is 322 g/mol. The molecular weight excluding hydrogens is 296 g/mol. The van der Waals surface area contributed by atoms with Gasteiger partial charge in [-0.1, -0.05) is 6.07 Å². The summed E-state index contributed by atoms with van der Waals surface area (Å²) in [4.78, 5) is 2.73. The topological polar surface area (TPSA) is 49.4 Å². The number of nitrogens with zero attached hydrogens (tertiary/aromatic N) is 1. The van der Waals surface area contributed by atoms with Gasteiger partial charge in [0.15, 0.2) is 0 Å². The van der Waals surface area contributed by atoms with Crippen LogP contribution >= 0.6 is 0 Å². The molecular formula is C17H26N2O2S. The average Bonchev–Trinajstić information content (AvgIpc) is 2.54. The molecule has 1 fully saturated rings. The Hall–Kier alpha value is -0.910. The normalized spacial score (nSPS) is 20.8. The van der Waals surface area contributed by atoms with Crippen LogP contribution in [-0.2, 0) is 22.9 Å². The van der Waals surface area contributed by atoms with Crippen LogP contribution in [0.5, 0.6) is 0 Å². The van der Waals surface area contributed by atoms with Gasteiger partial charge < -0.3 is 4.90 Å². The number of hydrogen-bond acceptors (Lipinski definition) is 3. The van der Waals surface area contributed by atoms with E-state index in [0.717, 1.165) is 38.8 Å². The van der Waals surface area contributed by atoms with Crippen molar-refractivity contribution in [3.8, 4) is 0 Å². The van der Waals surface area contributed by atoms with Crippen molar-refractivity contribution in [1.29, 1.82) is 0 Å². The molecule has 5 heteroatoms. The molecule has 0 aromatic heterocycles. The SMILES string of the molecule is CN1CCC(CNS(=O)(=O)c2ccc3c(c2)CCCC3)CC1. The molecule has 3 rings (SSSR count). The lowest BCUT2D eigenvalue weighted by Gasteiger charge is -2.28. The molecule has 0 spiro atoms. The van der Waals surface area contributed by atoms with E-state index in [1.165, 1.54) is 24.0 Å². The fourth-order valence-electron chi connectivity index (χ4n) is 3.45. The van der Waals surface area contributed by atoms with Crippen molar-refractivity contribution in [2.24, 2.45) is 5.92 Å². The van der Waals surface area contributed by atoms with Crippen LogP contribution < -0.4 is 4.72 Å². The minimum absolute atomic E-state index is 0.432. The van der Waals surface area contributed by atoms with Gasteiger partial charge in [-0.3, -0.25) is 0 Å². The van der Waals surface area contributed by atoms with E-state index in [1.807, 2.05) is 12.1 Å². The van der Waals surface area contributed by atoms with Gasteiger partial charge in [0.2, 0.25) is 10.0 Å². The highest BCUT2D eigenvalue weighted by molar-refractivity contribution is 7.89. The number of piperidine rings is 1. The lowest BCUT2D eigenvalue weighted by molar-refractivity contribution is 0.220. The smallest absolute Gasteiger partial charge is 0.240 e. The third kappa shape index (κ3) is 3.70. The minimum atomic E-state index is -3.37. The van der Waals surface area contributed by atoms with E-state index >= 15 is 0 Å². The lowest BCUT2D eigenvalue weighted by atomic mass is 9.92. The highest BCUT2D eigenvalue weighted by Gasteiger charge is 2.21. The first-order valence-electron chi connectivity index (χ1n) is 8.34. The van der Waals surface area contributed by atoms with E-state index in [2.05, 4.69) is 16.7 Å². The molecule has 1 aliphatic heterocycles. The first-order valence-corrected chi connectivity index (χ1v) is 9.83. The number of aryl methyl sites for hydroxylation is 2. The van der Waals surface area contributed by atoms with Gasteiger partial charge in [-0.15, -0.1) is 0 Å². The maximum Gasteiger partial charge on any atom is 0.240 e.